The summed E-state index contributed by atoms with van der Waals surface area (Å²) in [5, 5.41) is 2.89. The average Bonchev–Trinajstić information content (AvgIpc) is 2.54. The van der Waals surface area contributed by atoms with Gasteiger partial charge in [-0.1, -0.05) is 32.6 Å². The number of hydrogen-bond donors (Lipinski definition) is 2. The summed E-state index contributed by atoms with van der Waals surface area (Å²) in [6, 6.07) is 0.214. The Morgan fingerprint density at radius 3 is 2.50 bits per heavy atom. The number of rotatable bonds is 6. The minimum absolute atomic E-state index is 0.0402. The Hall–Kier alpha value is -0.610. The van der Waals surface area contributed by atoms with Gasteiger partial charge in [0.1, 0.15) is 6.61 Å². The van der Waals surface area contributed by atoms with Gasteiger partial charge in [-0.05, 0) is 26.2 Å². The van der Waals surface area contributed by atoms with Crippen molar-refractivity contribution in [1.82, 2.24) is 5.32 Å². The third-order valence-electron chi connectivity index (χ3n) is 3.74. The van der Waals surface area contributed by atoms with Crippen LogP contribution in [-0.2, 0) is 9.53 Å². The zero-order chi connectivity index (χ0) is 13.4. The molecule has 1 atom stereocenters. The van der Waals surface area contributed by atoms with Gasteiger partial charge in [0, 0.05) is 11.6 Å². The molecule has 4 nitrogen and oxygen atoms in total. The van der Waals surface area contributed by atoms with Gasteiger partial charge in [-0.2, -0.15) is 0 Å². The van der Waals surface area contributed by atoms with Crippen molar-refractivity contribution < 1.29 is 9.53 Å². The van der Waals surface area contributed by atoms with Crippen LogP contribution in [-0.4, -0.2) is 30.7 Å². The zero-order valence-electron chi connectivity index (χ0n) is 11.8. The van der Waals surface area contributed by atoms with Crippen LogP contribution in [0.4, 0.5) is 0 Å². The first-order valence-electron chi connectivity index (χ1n) is 7.22. The molecule has 18 heavy (non-hydrogen) atoms. The van der Waals surface area contributed by atoms with Gasteiger partial charge in [-0.3, -0.25) is 4.79 Å². The minimum atomic E-state index is -0.215. The van der Waals surface area contributed by atoms with Crippen molar-refractivity contribution in [3.05, 3.63) is 0 Å². The number of hydrogen-bond acceptors (Lipinski definition) is 3. The number of amides is 1. The highest BCUT2D eigenvalue weighted by Gasteiger charge is 2.26. The molecule has 0 bridgehead atoms. The van der Waals surface area contributed by atoms with Crippen molar-refractivity contribution in [2.24, 2.45) is 5.73 Å². The summed E-state index contributed by atoms with van der Waals surface area (Å²) in [5.74, 6) is -0.0402. The van der Waals surface area contributed by atoms with Crippen molar-refractivity contribution in [1.29, 1.82) is 0 Å². The van der Waals surface area contributed by atoms with Gasteiger partial charge >= 0.3 is 0 Å². The Morgan fingerprint density at radius 1 is 1.33 bits per heavy atom. The lowest BCUT2D eigenvalue weighted by molar-refractivity contribution is -0.127. The van der Waals surface area contributed by atoms with Crippen molar-refractivity contribution >= 4 is 5.91 Å². The van der Waals surface area contributed by atoms with E-state index in [0.717, 1.165) is 19.3 Å². The molecule has 1 unspecified atom stereocenters. The second kappa shape index (κ2) is 7.74. The molecule has 0 aromatic heterocycles. The van der Waals surface area contributed by atoms with Gasteiger partial charge in [0.15, 0.2) is 0 Å². The first kappa shape index (κ1) is 15.4. The van der Waals surface area contributed by atoms with Crippen molar-refractivity contribution in [3.8, 4) is 0 Å². The van der Waals surface area contributed by atoms with E-state index in [-0.39, 0.29) is 24.1 Å². The molecule has 0 spiro atoms. The molecule has 106 valence electrons. The highest BCUT2D eigenvalue weighted by molar-refractivity contribution is 5.77. The van der Waals surface area contributed by atoms with Crippen LogP contribution in [0.25, 0.3) is 0 Å². The lowest BCUT2D eigenvalue weighted by atomic mass is 9.93. The minimum Gasteiger partial charge on any atom is -0.370 e. The fraction of sp³-hybridized carbons (Fsp3) is 0.929. The van der Waals surface area contributed by atoms with E-state index in [0.29, 0.717) is 6.61 Å². The van der Waals surface area contributed by atoms with E-state index < -0.39 is 0 Å². The molecule has 3 N–H and O–H groups in total. The Kier molecular flexibility index (Phi) is 6.65. The quantitative estimate of drug-likeness (QED) is 0.714. The monoisotopic (exact) mass is 256 g/mol. The first-order valence-corrected chi connectivity index (χ1v) is 7.22. The molecule has 0 radical (unpaired) electrons. The number of ether oxygens (including phenoxy) is 1. The van der Waals surface area contributed by atoms with E-state index >= 15 is 0 Å². The number of carbonyl (C=O) groups is 1. The average molecular weight is 256 g/mol. The number of nitrogens with one attached hydrogen (secondary N) is 1. The summed E-state index contributed by atoms with van der Waals surface area (Å²) in [6.45, 7) is 4.67. The maximum Gasteiger partial charge on any atom is 0.246 e. The van der Waals surface area contributed by atoms with Crippen LogP contribution in [0.5, 0.6) is 0 Å². The Labute approximate surface area is 111 Å². The van der Waals surface area contributed by atoms with Gasteiger partial charge < -0.3 is 15.8 Å². The topological polar surface area (TPSA) is 64.3 Å². The Morgan fingerprint density at radius 2 is 1.94 bits per heavy atom. The first-order chi connectivity index (χ1) is 8.56. The third kappa shape index (κ3) is 5.83. The van der Waals surface area contributed by atoms with Gasteiger partial charge in [-0.15, -0.1) is 0 Å². The van der Waals surface area contributed by atoms with Gasteiger partial charge in [0.25, 0.3) is 0 Å². The molecule has 4 heteroatoms. The molecule has 1 fully saturated rings. The fourth-order valence-corrected chi connectivity index (χ4v) is 2.34. The number of carbonyl (C=O) groups excluding carboxylic acids is 1. The molecule has 1 aliphatic carbocycles. The number of nitrogens with two attached hydrogens (primary N) is 1. The van der Waals surface area contributed by atoms with Crippen molar-refractivity contribution in [3.63, 3.8) is 0 Å². The predicted octanol–water partition coefficient (Wildman–Crippen LogP) is 1.97. The molecule has 1 aliphatic rings. The van der Waals surface area contributed by atoms with E-state index in [4.69, 9.17) is 10.5 Å². The molecule has 0 aromatic carbocycles. The largest absolute Gasteiger partial charge is 0.370 e. The molecule has 1 saturated carbocycles. The normalized spacial score (nSPS) is 21.1. The summed E-state index contributed by atoms with van der Waals surface area (Å²) < 4.78 is 5.50. The van der Waals surface area contributed by atoms with Gasteiger partial charge in [-0.25, -0.2) is 0 Å². The maximum atomic E-state index is 11.5. The summed E-state index contributed by atoms with van der Waals surface area (Å²) in [4.78, 5) is 11.5. The zero-order valence-corrected chi connectivity index (χ0v) is 11.8. The molecular weight excluding hydrogens is 228 g/mol. The smallest absolute Gasteiger partial charge is 0.246 e. The molecule has 0 aliphatic heterocycles. The molecule has 0 heterocycles. The van der Waals surface area contributed by atoms with E-state index in [2.05, 4.69) is 5.32 Å². The molecule has 1 rings (SSSR count). The fourth-order valence-electron chi connectivity index (χ4n) is 2.34. The predicted molar refractivity (Wildman–Crippen MR) is 73.3 cm³/mol. The van der Waals surface area contributed by atoms with Crippen molar-refractivity contribution in [2.75, 3.05) is 13.2 Å². The SMILES string of the molecule is CCC(C)NC(=O)COCC1(N)CCCCCC1. The van der Waals surface area contributed by atoms with E-state index in [1.54, 1.807) is 0 Å². The summed E-state index contributed by atoms with van der Waals surface area (Å²) in [5.41, 5.74) is 6.10. The second-order valence-corrected chi connectivity index (χ2v) is 5.65. The lowest BCUT2D eigenvalue weighted by Crippen LogP contribution is -2.45. The summed E-state index contributed by atoms with van der Waals surface area (Å²) in [6.07, 6.45) is 7.87. The van der Waals surface area contributed by atoms with Crippen LogP contribution in [0, 0.1) is 0 Å². The van der Waals surface area contributed by atoms with Crippen LogP contribution in [0.2, 0.25) is 0 Å². The van der Waals surface area contributed by atoms with Crippen LogP contribution in [0.15, 0.2) is 0 Å². The highest BCUT2D eigenvalue weighted by Crippen LogP contribution is 2.25. The van der Waals surface area contributed by atoms with Crippen LogP contribution >= 0.6 is 0 Å². The molecule has 1 amide bonds. The molecule has 0 aromatic rings. The van der Waals surface area contributed by atoms with Crippen molar-refractivity contribution in [2.45, 2.75) is 70.4 Å². The van der Waals surface area contributed by atoms with Crippen LogP contribution in [0.3, 0.4) is 0 Å². The van der Waals surface area contributed by atoms with E-state index in [1.165, 1.54) is 25.7 Å². The highest BCUT2D eigenvalue weighted by atomic mass is 16.5. The molecule has 0 saturated heterocycles. The van der Waals surface area contributed by atoms with E-state index in [9.17, 15) is 4.79 Å². The van der Waals surface area contributed by atoms with Crippen LogP contribution < -0.4 is 11.1 Å². The van der Waals surface area contributed by atoms with Gasteiger partial charge in [0.2, 0.25) is 5.91 Å². The summed E-state index contributed by atoms with van der Waals surface area (Å²) in [7, 11) is 0. The van der Waals surface area contributed by atoms with Crippen LogP contribution in [0.1, 0.15) is 58.8 Å². The summed E-state index contributed by atoms with van der Waals surface area (Å²) >= 11 is 0. The second-order valence-electron chi connectivity index (χ2n) is 5.65. The lowest BCUT2D eigenvalue weighted by Gasteiger charge is -2.27. The van der Waals surface area contributed by atoms with E-state index in [1.807, 2.05) is 13.8 Å². The molecular formula is C14H28N2O2. The van der Waals surface area contributed by atoms with Gasteiger partial charge in [0.05, 0.1) is 6.61 Å². The Balaban J connectivity index is 2.21. The Bertz CT molecular complexity index is 248. The standard InChI is InChI=1S/C14H28N2O2/c1-3-12(2)16-13(17)10-18-11-14(15)8-6-4-5-7-9-14/h12H,3-11,15H2,1-2H3,(H,16,17). The maximum absolute atomic E-state index is 11.5. The third-order valence-corrected chi connectivity index (χ3v) is 3.74.